The maximum Gasteiger partial charge on any atom is 0.254 e. The zero-order valence-corrected chi connectivity index (χ0v) is 41.1. The molecule has 356 valence electrons. The number of unbranched alkanes of at least 4 members (excludes halogenated alkanes) is 2. The van der Waals surface area contributed by atoms with Gasteiger partial charge in [-0.1, -0.05) is 202 Å². The average molecular weight is 915 g/mol. The molecule has 0 aliphatic carbocycles. The zero-order valence-electron chi connectivity index (χ0n) is 41.1. The van der Waals surface area contributed by atoms with Gasteiger partial charge >= 0.3 is 0 Å². The Balaban J connectivity index is 0.000000200. The maximum atomic E-state index is 14.1. The monoisotopic (exact) mass is 915 g/mol. The molecule has 1 amide bonds. The number of benzene rings is 7. The minimum atomic E-state index is 0.152. The summed E-state index contributed by atoms with van der Waals surface area (Å²) >= 11 is 0. The number of likely N-dealkylation sites (tertiary alicyclic amines) is 2. The van der Waals surface area contributed by atoms with Crippen LogP contribution in [0.3, 0.4) is 0 Å². The van der Waals surface area contributed by atoms with Gasteiger partial charge in [-0.15, -0.1) is 0 Å². The minimum absolute atomic E-state index is 0.152. The van der Waals surface area contributed by atoms with Crippen molar-refractivity contribution in [2.24, 2.45) is 0 Å². The Bertz CT molecular complexity index is 2510. The Hall–Kier alpha value is -6.11. The second-order valence-corrected chi connectivity index (χ2v) is 19.3. The van der Waals surface area contributed by atoms with E-state index in [1.807, 2.05) is 18.2 Å². The first-order valence-electron chi connectivity index (χ1n) is 26.0. The van der Waals surface area contributed by atoms with Crippen LogP contribution in [0.4, 0.5) is 0 Å². The number of aryl methyl sites for hydroxylation is 1. The van der Waals surface area contributed by atoms with E-state index in [4.69, 9.17) is 0 Å². The third-order valence-electron chi connectivity index (χ3n) is 14.2. The van der Waals surface area contributed by atoms with Gasteiger partial charge in [0, 0.05) is 50.4 Å². The predicted molar refractivity (Wildman–Crippen MR) is 289 cm³/mol. The lowest BCUT2D eigenvalue weighted by atomic mass is 10.0. The van der Waals surface area contributed by atoms with Gasteiger partial charge in [0.25, 0.3) is 5.91 Å². The number of carbonyl (C=O) groups is 1. The molecule has 0 saturated carbocycles. The van der Waals surface area contributed by atoms with Gasteiger partial charge in [-0.25, -0.2) is 0 Å². The third kappa shape index (κ3) is 15.4. The molecule has 9 rings (SSSR count). The number of rotatable bonds is 17. The zero-order chi connectivity index (χ0) is 47.3. The molecule has 5 heteroatoms. The van der Waals surface area contributed by atoms with Crippen LogP contribution in [0.25, 0.3) is 22.3 Å². The first kappa shape index (κ1) is 49.3. The van der Waals surface area contributed by atoms with E-state index in [0.29, 0.717) is 12.6 Å². The van der Waals surface area contributed by atoms with Crippen LogP contribution in [0, 0.1) is 0 Å². The Morgan fingerprint density at radius 3 is 1.51 bits per heavy atom. The van der Waals surface area contributed by atoms with Gasteiger partial charge in [0.1, 0.15) is 0 Å². The SMILES string of the molecule is CCCCCc1ccc(C(=O)N(Cc2ccc(-c3ccccc3)cc2)C2CCCN(Cc3ccccc3)CC2)cc1.c1ccc(CN2CCCC(NCc3ccc(-c4ccccc4)cc3)CC2)cc1. The number of nitrogens with one attached hydrogen (secondary N) is 1. The van der Waals surface area contributed by atoms with Crippen LogP contribution < -0.4 is 5.32 Å². The first-order valence-corrected chi connectivity index (χ1v) is 26.0. The van der Waals surface area contributed by atoms with E-state index >= 15 is 0 Å². The molecular formula is C64H74N4O. The van der Waals surface area contributed by atoms with Gasteiger partial charge in [0.05, 0.1) is 0 Å². The minimum Gasteiger partial charge on any atom is -0.331 e. The Morgan fingerprint density at radius 2 is 0.957 bits per heavy atom. The fourth-order valence-corrected chi connectivity index (χ4v) is 10.1. The van der Waals surface area contributed by atoms with E-state index < -0.39 is 0 Å². The first-order chi connectivity index (χ1) is 34.1. The lowest BCUT2D eigenvalue weighted by Gasteiger charge is -2.32. The van der Waals surface area contributed by atoms with Gasteiger partial charge in [0.15, 0.2) is 0 Å². The molecule has 7 aromatic carbocycles. The summed E-state index contributed by atoms with van der Waals surface area (Å²) in [6.45, 7) is 10.3. The molecule has 69 heavy (non-hydrogen) atoms. The molecule has 5 nitrogen and oxygen atoms in total. The maximum absolute atomic E-state index is 14.1. The van der Waals surface area contributed by atoms with Crippen molar-refractivity contribution in [1.29, 1.82) is 0 Å². The van der Waals surface area contributed by atoms with Gasteiger partial charge in [0.2, 0.25) is 0 Å². The van der Waals surface area contributed by atoms with Crippen molar-refractivity contribution < 1.29 is 4.79 Å². The summed E-state index contributed by atoms with van der Waals surface area (Å²) in [5, 5.41) is 3.79. The quantitative estimate of drug-likeness (QED) is 0.0924. The molecule has 0 bridgehead atoms. The van der Waals surface area contributed by atoms with E-state index in [-0.39, 0.29) is 11.9 Å². The molecule has 2 saturated heterocycles. The van der Waals surface area contributed by atoms with Crippen LogP contribution in [0.1, 0.15) is 103 Å². The summed E-state index contributed by atoms with van der Waals surface area (Å²) < 4.78 is 0. The predicted octanol–water partition coefficient (Wildman–Crippen LogP) is 14.3. The van der Waals surface area contributed by atoms with E-state index in [0.717, 1.165) is 64.0 Å². The van der Waals surface area contributed by atoms with Crippen molar-refractivity contribution in [3.63, 3.8) is 0 Å². The molecule has 2 heterocycles. The highest BCUT2D eigenvalue weighted by Gasteiger charge is 2.28. The van der Waals surface area contributed by atoms with Crippen molar-refractivity contribution in [3.05, 3.63) is 228 Å². The van der Waals surface area contributed by atoms with E-state index in [2.05, 4.69) is 203 Å². The molecule has 0 spiro atoms. The lowest BCUT2D eigenvalue weighted by molar-refractivity contribution is 0.0641. The van der Waals surface area contributed by atoms with E-state index in [1.165, 1.54) is 102 Å². The highest BCUT2D eigenvalue weighted by molar-refractivity contribution is 5.94. The number of hydrogen-bond acceptors (Lipinski definition) is 4. The van der Waals surface area contributed by atoms with Crippen molar-refractivity contribution >= 4 is 5.91 Å². The highest BCUT2D eigenvalue weighted by Crippen LogP contribution is 2.26. The van der Waals surface area contributed by atoms with Crippen LogP contribution in [0.2, 0.25) is 0 Å². The molecule has 2 fully saturated rings. The molecule has 2 aliphatic rings. The van der Waals surface area contributed by atoms with Crippen LogP contribution in [0.5, 0.6) is 0 Å². The smallest absolute Gasteiger partial charge is 0.254 e. The van der Waals surface area contributed by atoms with Crippen LogP contribution in [-0.4, -0.2) is 58.9 Å². The van der Waals surface area contributed by atoms with Crippen molar-refractivity contribution in [2.75, 3.05) is 26.2 Å². The number of nitrogens with zero attached hydrogens (tertiary/aromatic N) is 3. The molecule has 2 unspecified atom stereocenters. The fourth-order valence-electron chi connectivity index (χ4n) is 10.1. The Labute approximate surface area is 414 Å². The largest absolute Gasteiger partial charge is 0.331 e. The molecule has 0 radical (unpaired) electrons. The summed E-state index contributed by atoms with van der Waals surface area (Å²) in [6.07, 6.45) is 11.7. The van der Waals surface area contributed by atoms with Crippen LogP contribution in [0.15, 0.2) is 194 Å². The molecule has 0 aromatic heterocycles. The third-order valence-corrected chi connectivity index (χ3v) is 14.2. The van der Waals surface area contributed by atoms with Crippen molar-refractivity contribution in [1.82, 2.24) is 20.0 Å². The van der Waals surface area contributed by atoms with Crippen molar-refractivity contribution in [3.8, 4) is 22.3 Å². The van der Waals surface area contributed by atoms with Gasteiger partial charge in [-0.2, -0.15) is 0 Å². The number of hydrogen-bond donors (Lipinski definition) is 1. The average Bonchev–Trinajstić information content (AvgIpc) is 3.79. The summed E-state index contributed by atoms with van der Waals surface area (Å²) in [5.41, 5.74) is 12.4. The molecule has 2 aliphatic heterocycles. The summed E-state index contributed by atoms with van der Waals surface area (Å²) in [6, 6.07) is 69.7. The second-order valence-electron chi connectivity index (χ2n) is 19.3. The normalized spacial score (nSPS) is 16.7. The standard InChI is InChI=1S/C38H44N2O.C26H30N2/c1-2-3-6-12-31-18-24-36(25-19-31)38(41)40(30-33-20-22-35(23-21-33)34-15-9-5-10-16-34)37-17-11-27-39(28-26-37)29-32-13-7-4-8-14-32;1-3-8-23(9-4-1)21-28-18-7-12-26(17-19-28)27-20-22-13-15-25(16-14-22)24-10-5-2-6-11-24/h4-5,7-10,13-16,18-25,37H,2-3,6,11-12,17,26-30H2,1H3;1-6,8-11,13-16,26-27H,7,12,17-21H2. The number of carbonyl (C=O) groups excluding carboxylic acids is 1. The van der Waals surface area contributed by atoms with Gasteiger partial charge in [-0.3, -0.25) is 14.6 Å². The highest BCUT2D eigenvalue weighted by atomic mass is 16.2. The number of amides is 1. The Morgan fingerprint density at radius 1 is 0.478 bits per heavy atom. The van der Waals surface area contributed by atoms with E-state index in [9.17, 15) is 4.79 Å². The molecular weight excluding hydrogens is 841 g/mol. The molecule has 2 atom stereocenters. The second kappa shape index (κ2) is 26.6. The summed E-state index contributed by atoms with van der Waals surface area (Å²) in [4.78, 5) is 21.4. The molecule has 1 N–H and O–H groups in total. The summed E-state index contributed by atoms with van der Waals surface area (Å²) in [5.74, 6) is 0.152. The Kier molecular flexibility index (Phi) is 19.0. The fraction of sp³-hybridized carbons (Fsp3) is 0.328. The van der Waals surface area contributed by atoms with Crippen LogP contribution >= 0.6 is 0 Å². The topological polar surface area (TPSA) is 38.8 Å². The van der Waals surface area contributed by atoms with Crippen molar-refractivity contribution in [2.45, 2.75) is 109 Å². The van der Waals surface area contributed by atoms with E-state index in [1.54, 1.807) is 0 Å². The summed E-state index contributed by atoms with van der Waals surface area (Å²) in [7, 11) is 0. The van der Waals surface area contributed by atoms with Gasteiger partial charge < -0.3 is 10.2 Å². The van der Waals surface area contributed by atoms with Gasteiger partial charge in [-0.05, 0) is 133 Å². The lowest BCUT2D eigenvalue weighted by Crippen LogP contribution is -2.40. The molecule has 7 aromatic rings. The van der Waals surface area contributed by atoms with Crippen LogP contribution in [-0.2, 0) is 32.6 Å².